The van der Waals surface area contributed by atoms with E-state index in [0.717, 1.165) is 82.5 Å². The average molecular weight is 473 g/mol. The number of nitrogens with one attached hydrogen (secondary N) is 1. The standard InChI is InChI=1S/C29H36N4O2/c34-24-11-12-27-22(19-24)9-10-23(33(27)29(35)21-5-2-1-3-6-21)20-31-15-17-32(18-16-31)28-8-4-7-26-25(28)13-14-30-26/h4,7-8,11-14,19,21,23,30,34H,1-3,5-6,9-10,15-18,20H2. The molecule has 1 saturated heterocycles. The Bertz CT molecular complexity index is 1190. The van der Waals surface area contributed by atoms with Crippen LogP contribution in [0.3, 0.4) is 0 Å². The Hall–Kier alpha value is -2.99. The van der Waals surface area contributed by atoms with Crippen molar-refractivity contribution in [2.24, 2.45) is 5.92 Å². The number of rotatable bonds is 4. The van der Waals surface area contributed by atoms with Crippen molar-refractivity contribution in [3.63, 3.8) is 0 Å². The van der Waals surface area contributed by atoms with E-state index in [-0.39, 0.29) is 12.0 Å². The summed E-state index contributed by atoms with van der Waals surface area (Å²) in [6.45, 7) is 4.92. The second kappa shape index (κ2) is 9.57. The molecule has 1 aliphatic carbocycles. The number of hydrogen-bond donors (Lipinski definition) is 2. The third kappa shape index (κ3) is 4.40. The maximum absolute atomic E-state index is 13.8. The molecule has 3 heterocycles. The lowest BCUT2D eigenvalue weighted by molar-refractivity contribution is -0.124. The molecule has 35 heavy (non-hydrogen) atoms. The van der Waals surface area contributed by atoms with Gasteiger partial charge in [-0.15, -0.1) is 0 Å². The van der Waals surface area contributed by atoms with E-state index in [2.05, 4.69) is 43.9 Å². The number of nitrogens with zero attached hydrogens (tertiary/aromatic N) is 3. The second-order valence-corrected chi connectivity index (χ2v) is 10.6. The second-order valence-electron chi connectivity index (χ2n) is 10.6. The van der Waals surface area contributed by atoms with Crippen LogP contribution in [0.1, 0.15) is 44.1 Å². The number of aromatic hydroxyl groups is 1. The fraction of sp³-hybridized carbons (Fsp3) is 0.483. The molecular weight excluding hydrogens is 436 g/mol. The molecule has 1 atom stereocenters. The minimum absolute atomic E-state index is 0.143. The van der Waals surface area contributed by atoms with Gasteiger partial charge in [0, 0.05) is 73.2 Å². The molecule has 2 aromatic carbocycles. The zero-order valence-electron chi connectivity index (χ0n) is 20.5. The van der Waals surface area contributed by atoms with E-state index < -0.39 is 0 Å². The van der Waals surface area contributed by atoms with Crippen molar-refractivity contribution < 1.29 is 9.90 Å². The van der Waals surface area contributed by atoms with Gasteiger partial charge in [-0.2, -0.15) is 0 Å². The van der Waals surface area contributed by atoms with Gasteiger partial charge in [-0.1, -0.05) is 25.3 Å². The summed E-state index contributed by atoms with van der Waals surface area (Å²) in [6.07, 6.45) is 9.48. The maximum atomic E-state index is 13.8. The molecule has 6 nitrogen and oxygen atoms in total. The number of fused-ring (bicyclic) bond motifs is 2. The van der Waals surface area contributed by atoms with Gasteiger partial charge in [0.2, 0.25) is 5.91 Å². The predicted molar refractivity (Wildman–Crippen MR) is 141 cm³/mol. The average Bonchev–Trinajstić information content (AvgIpc) is 3.38. The summed E-state index contributed by atoms with van der Waals surface area (Å²) in [5, 5.41) is 11.3. The smallest absolute Gasteiger partial charge is 0.230 e. The van der Waals surface area contributed by atoms with Gasteiger partial charge in [-0.05, 0) is 67.6 Å². The minimum atomic E-state index is 0.143. The first-order valence-corrected chi connectivity index (χ1v) is 13.4. The Morgan fingerprint density at radius 1 is 0.943 bits per heavy atom. The van der Waals surface area contributed by atoms with Gasteiger partial charge < -0.3 is 19.9 Å². The highest BCUT2D eigenvalue weighted by Crippen LogP contribution is 2.37. The number of carbonyl (C=O) groups is 1. The van der Waals surface area contributed by atoms with Crippen LogP contribution in [-0.2, 0) is 11.2 Å². The lowest BCUT2D eigenvalue weighted by Gasteiger charge is -2.44. The van der Waals surface area contributed by atoms with Crippen molar-refractivity contribution in [3.05, 3.63) is 54.2 Å². The quantitative estimate of drug-likeness (QED) is 0.566. The molecule has 1 amide bonds. The van der Waals surface area contributed by atoms with Gasteiger partial charge in [0.05, 0.1) is 0 Å². The molecule has 2 N–H and O–H groups in total. The molecule has 3 aromatic rings. The van der Waals surface area contributed by atoms with Crippen molar-refractivity contribution in [1.82, 2.24) is 9.88 Å². The molecule has 1 saturated carbocycles. The number of aryl methyl sites for hydroxylation is 1. The van der Waals surface area contributed by atoms with E-state index >= 15 is 0 Å². The summed E-state index contributed by atoms with van der Waals surface area (Å²) < 4.78 is 0. The summed E-state index contributed by atoms with van der Waals surface area (Å²) in [5.41, 5.74) is 4.62. The first-order chi connectivity index (χ1) is 17.2. The SMILES string of the molecule is O=C(C1CCCCC1)N1c2ccc(O)cc2CCC1CN1CCN(c2cccc3[nH]ccc23)CC1. The van der Waals surface area contributed by atoms with Crippen LogP contribution in [0.4, 0.5) is 11.4 Å². The predicted octanol–water partition coefficient (Wildman–Crippen LogP) is 4.92. The Morgan fingerprint density at radius 2 is 1.77 bits per heavy atom. The van der Waals surface area contributed by atoms with Crippen LogP contribution in [0.5, 0.6) is 5.75 Å². The molecule has 6 heteroatoms. The van der Waals surface area contributed by atoms with E-state index in [0.29, 0.717) is 11.7 Å². The molecule has 3 aliphatic rings. The molecule has 0 spiro atoms. The van der Waals surface area contributed by atoms with Crippen molar-refractivity contribution in [2.75, 3.05) is 42.5 Å². The largest absolute Gasteiger partial charge is 0.508 e. The van der Waals surface area contributed by atoms with Crippen LogP contribution in [0, 0.1) is 5.92 Å². The van der Waals surface area contributed by atoms with Crippen molar-refractivity contribution in [1.29, 1.82) is 0 Å². The Balaban J connectivity index is 1.18. The van der Waals surface area contributed by atoms with Gasteiger partial charge in [0.1, 0.15) is 5.75 Å². The summed E-state index contributed by atoms with van der Waals surface area (Å²) in [5.74, 6) is 0.740. The summed E-state index contributed by atoms with van der Waals surface area (Å²) in [6, 6.07) is 14.4. The topological polar surface area (TPSA) is 62.8 Å². The number of aromatic nitrogens is 1. The highest BCUT2D eigenvalue weighted by atomic mass is 16.3. The number of carbonyl (C=O) groups excluding carboxylic acids is 1. The third-order valence-electron chi connectivity index (χ3n) is 8.38. The highest BCUT2D eigenvalue weighted by Gasteiger charge is 2.36. The number of anilines is 2. The number of hydrogen-bond acceptors (Lipinski definition) is 4. The highest BCUT2D eigenvalue weighted by molar-refractivity contribution is 5.97. The number of benzene rings is 2. The molecule has 6 rings (SSSR count). The third-order valence-corrected chi connectivity index (χ3v) is 8.38. The fourth-order valence-corrected chi connectivity index (χ4v) is 6.49. The van der Waals surface area contributed by atoms with Gasteiger partial charge in [-0.25, -0.2) is 0 Å². The van der Waals surface area contributed by atoms with E-state index in [4.69, 9.17) is 0 Å². The van der Waals surface area contributed by atoms with E-state index in [9.17, 15) is 9.90 Å². The normalized spacial score (nSPS) is 21.9. The first-order valence-electron chi connectivity index (χ1n) is 13.4. The van der Waals surface area contributed by atoms with E-state index in [1.807, 2.05) is 18.3 Å². The molecule has 184 valence electrons. The molecule has 0 radical (unpaired) electrons. The molecular formula is C29H36N4O2. The van der Waals surface area contributed by atoms with E-state index in [1.165, 1.54) is 23.0 Å². The summed E-state index contributed by atoms with van der Waals surface area (Å²) in [4.78, 5) is 24.3. The molecule has 1 unspecified atom stereocenters. The Kier molecular flexibility index (Phi) is 6.15. The lowest BCUT2D eigenvalue weighted by Crippen LogP contribution is -2.55. The first kappa shape index (κ1) is 22.5. The molecule has 2 fully saturated rings. The van der Waals surface area contributed by atoms with Crippen molar-refractivity contribution in [2.45, 2.75) is 51.0 Å². The summed E-state index contributed by atoms with van der Waals surface area (Å²) >= 11 is 0. The summed E-state index contributed by atoms with van der Waals surface area (Å²) in [7, 11) is 0. The fourth-order valence-electron chi connectivity index (χ4n) is 6.49. The number of phenols is 1. The monoisotopic (exact) mass is 472 g/mol. The number of aromatic amines is 1. The van der Waals surface area contributed by atoms with Crippen LogP contribution in [-0.4, -0.2) is 59.7 Å². The van der Waals surface area contributed by atoms with Gasteiger partial charge >= 0.3 is 0 Å². The zero-order valence-corrected chi connectivity index (χ0v) is 20.5. The van der Waals surface area contributed by atoms with Crippen molar-refractivity contribution in [3.8, 4) is 5.75 Å². The molecule has 0 bridgehead atoms. The number of piperazine rings is 1. The minimum Gasteiger partial charge on any atom is -0.508 e. The van der Waals surface area contributed by atoms with Crippen LogP contribution in [0.25, 0.3) is 10.9 Å². The van der Waals surface area contributed by atoms with Crippen LogP contribution >= 0.6 is 0 Å². The van der Waals surface area contributed by atoms with Gasteiger partial charge in [0.15, 0.2) is 0 Å². The number of phenolic OH excluding ortho intramolecular Hbond substituents is 1. The van der Waals surface area contributed by atoms with Crippen LogP contribution in [0.15, 0.2) is 48.7 Å². The van der Waals surface area contributed by atoms with Crippen molar-refractivity contribution >= 4 is 28.2 Å². The Labute approximate surface area is 207 Å². The van der Waals surface area contributed by atoms with Gasteiger partial charge in [0.25, 0.3) is 0 Å². The molecule has 2 aliphatic heterocycles. The van der Waals surface area contributed by atoms with E-state index in [1.54, 1.807) is 6.07 Å². The maximum Gasteiger partial charge on any atom is 0.230 e. The molecule has 1 aromatic heterocycles. The number of H-pyrrole nitrogens is 1. The lowest BCUT2D eigenvalue weighted by atomic mass is 9.86. The Morgan fingerprint density at radius 3 is 2.60 bits per heavy atom. The van der Waals surface area contributed by atoms with Gasteiger partial charge in [-0.3, -0.25) is 9.69 Å². The van der Waals surface area contributed by atoms with Crippen LogP contribution < -0.4 is 9.80 Å². The van der Waals surface area contributed by atoms with Crippen LogP contribution in [0.2, 0.25) is 0 Å². The number of amides is 1. The zero-order chi connectivity index (χ0) is 23.8.